The molecule has 0 radical (unpaired) electrons. The van der Waals surface area contributed by atoms with Crippen LogP contribution >= 0.6 is 0 Å². The Bertz CT molecular complexity index is 919. The van der Waals surface area contributed by atoms with Crippen LogP contribution in [0.1, 0.15) is 26.5 Å². The number of hydrogen-bond donors (Lipinski definition) is 2. The maximum atomic E-state index is 12.1. The summed E-state index contributed by atoms with van der Waals surface area (Å²) in [5.41, 5.74) is 1.40. The lowest BCUT2D eigenvalue weighted by molar-refractivity contribution is 0.0600. The van der Waals surface area contributed by atoms with Crippen LogP contribution in [0.3, 0.4) is 0 Å². The second kappa shape index (κ2) is 7.43. The molecular formula is C17H15N5O4. The third kappa shape index (κ3) is 4.01. The molecule has 0 saturated carbocycles. The molecule has 3 rings (SSSR count). The molecule has 1 aromatic carbocycles. The van der Waals surface area contributed by atoms with Gasteiger partial charge in [0.1, 0.15) is 5.76 Å². The normalized spacial score (nSPS) is 10.2. The van der Waals surface area contributed by atoms with Gasteiger partial charge < -0.3 is 19.9 Å². The van der Waals surface area contributed by atoms with Crippen LogP contribution in [0.25, 0.3) is 0 Å². The quantitative estimate of drug-likeness (QED) is 0.672. The summed E-state index contributed by atoms with van der Waals surface area (Å²) in [5, 5.41) is 9.24. The van der Waals surface area contributed by atoms with Crippen LogP contribution in [0.2, 0.25) is 0 Å². The largest absolute Gasteiger partial charge is 0.465 e. The molecule has 132 valence electrons. The van der Waals surface area contributed by atoms with Gasteiger partial charge >= 0.3 is 5.97 Å². The average Bonchev–Trinajstić information content (AvgIpc) is 3.07. The predicted molar refractivity (Wildman–Crippen MR) is 92.3 cm³/mol. The highest BCUT2D eigenvalue weighted by Crippen LogP contribution is 2.15. The van der Waals surface area contributed by atoms with Crippen LogP contribution in [-0.4, -0.2) is 34.1 Å². The molecule has 0 aliphatic heterocycles. The minimum absolute atomic E-state index is 0.275. The number of anilines is 3. The van der Waals surface area contributed by atoms with Crippen molar-refractivity contribution < 1.29 is 18.8 Å². The Labute approximate surface area is 148 Å². The number of amides is 1. The molecule has 0 saturated heterocycles. The number of rotatable bonds is 5. The molecule has 2 N–H and O–H groups in total. The summed E-state index contributed by atoms with van der Waals surface area (Å²) in [4.78, 5) is 31.7. The molecule has 26 heavy (non-hydrogen) atoms. The van der Waals surface area contributed by atoms with Crippen LogP contribution in [-0.2, 0) is 4.74 Å². The molecule has 9 nitrogen and oxygen atoms in total. The summed E-state index contributed by atoms with van der Waals surface area (Å²) in [7, 11) is 1.32. The molecule has 0 bridgehead atoms. The molecule has 0 spiro atoms. The van der Waals surface area contributed by atoms with Gasteiger partial charge in [0.15, 0.2) is 5.82 Å². The Hall–Kier alpha value is -3.75. The van der Waals surface area contributed by atoms with E-state index in [-0.39, 0.29) is 5.56 Å². The predicted octanol–water partition coefficient (Wildman–Crippen LogP) is 2.56. The van der Waals surface area contributed by atoms with Gasteiger partial charge in [-0.05, 0) is 31.2 Å². The Morgan fingerprint density at radius 2 is 1.77 bits per heavy atom. The van der Waals surface area contributed by atoms with Crippen molar-refractivity contribution in [3.8, 4) is 0 Å². The van der Waals surface area contributed by atoms with Crippen molar-refractivity contribution in [1.82, 2.24) is 15.1 Å². The molecule has 3 aromatic rings. The van der Waals surface area contributed by atoms with Crippen LogP contribution in [0, 0.1) is 6.92 Å². The van der Waals surface area contributed by atoms with Gasteiger partial charge in [0.25, 0.3) is 5.91 Å². The highest BCUT2D eigenvalue weighted by atomic mass is 16.5. The number of benzene rings is 1. The zero-order chi connectivity index (χ0) is 18.5. The number of nitrogens with one attached hydrogen (secondary N) is 2. The fourth-order valence-electron chi connectivity index (χ4n) is 2.06. The van der Waals surface area contributed by atoms with Gasteiger partial charge in [0.05, 0.1) is 18.2 Å². The zero-order valence-corrected chi connectivity index (χ0v) is 14.0. The Kier molecular flexibility index (Phi) is 4.88. The van der Waals surface area contributed by atoms with Crippen molar-refractivity contribution in [3.05, 3.63) is 59.6 Å². The fourth-order valence-corrected chi connectivity index (χ4v) is 2.06. The van der Waals surface area contributed by atoms with Gasteiger partial charge in [-0.15, -0.1) is 0 Å². The van der Waals surface area contributed by atoms with Gasteiger partial charge in [-0.1, -0.05) is 5.16 Å². The minimum atomic E-state index is -0.412. The first kappa shape index (κ1) is 17.1. The summed E-state index contributed by atoms with van der Waals surface area (Å²) < 4.78 is 9.52. The van der Waals surface area contributed by atoms with E-state index in [1.54, 1.807) is 37.3 Å². The van der Waals surface area contributed by atoms with Gasteiger partial charge in [0.2, 0.25) is 5.95 Å². The van der Waals surface area contributed by atoms with Crippen molar-refractivity contribution in [2.45, 2.75) is 6.92 Å². The minimum Gasteiger partial charge on any atom is -0.465 e. The summed E-state index contributed by atoms with van der Waals surface area (Å²) in [6.07, 6.45) is 2.78. The molecule has 0 aliphatic rings. The zero-order valence-electron chi connectivity index (χ0n) is 14.0. The van der Waals surface area contributed by atoms with E-state index < -0.39 is 11.9 Å². The van der Waals surface area contributed by atoms with Crippen LogP contribution in [0.5, 0.6) is 0 Å². The molecule has 0 fully saturated rings. The van der Waals surface area contributed by atoms with Crippen LogP contribution < -0.4 is 10.6 Å². The first-order chi connectivity index (χ1) is 12.5. The first-order valence-electron chi connectivity index (χ1n) is 7.57. The van der Waals surface area contributed by atoms with E-state index in [0.717, 1.165) is 0 Å². The number of nitrogens with zero attached hydrogens (tertiary/aromatic N) is 3. The number of carbonyl (C=O) groups is 2. The molecule has 0 atom stereocenters. The maximum Gasteiger partial charge on any atom is 0.337 e. The van der Waals surface area contributed by atoms with Crippen molar-refractivity contribution in [3.63, 3.8) is 0 Å². The topological polar surface area (TPSA) is 119 Å². The van der Waals surface area contributed by atoms with Crippen molar-refractivity contribution in [2.24, 2.45) is 0 Å². The van der Waals surface area contributed by atoms with Crippen molar-refractivity contribution in [1.29, 1.82) is 0 Å². The fraction of sp³-hybridized carbons (Fsp3) is 0.118. The number of esters is 1. The molecule has 0 unspecified atom stereocenters. The molecular weight excluding hydrogens is 338 g/mol. The van der Waals surface area contributed by atoms with Crippen LogP contribution in [0.15, 0.2) is 47.2 Å². The summed E-state index contributed by atoms with van der Waals surface area (Å²) in [6.45, 7) is 1.73. The Balaban J connectivity index is 1.63. The maximum absolute atomic E-state index is 12.1. The number of ether oxygens (including phenoxy) is 1. The Morgan fingerprint density at radius 3 is 2.35 bits per heavy atom. The van der Waals surface area contributed by atoms with Gasteiger partial charge in [-0.25, -0.2) is 14.8 Å². The van der Waals surface area contributed by atoms with Crippen molar-refractivity contribution >= 4 is 29.3 Å². The van der Waals surface area contributed by atoms with E-state index in [4.69, 9.17) is 4.52 Å². The highest BCUT2D eigenvalue weighted by molar-refractivity contribution is 6.03. The lowest BCUT2D eigenvalue weighted by Gasteiger charge is -2.06. The second-order valence-electron chi connectivity index (χ2n) is 5.27. The molecule has 0 aliphatic carbocycles. The molecule has 9 heteroatoms. The third-order valence-corrected chi connectivity index (χ3v) is 3.35. The first-order valence-corrected chi connectivity index (χ1v) is 7.57. The third-order valence-electron chi connectivity index (χ3n) is 3.35. The second-order valence-corrected chi connectivity index (χ2v) is 5.27. The number of aryl methyl sites for hydroxylation is 1. The smallest absolute Gasteiger partial charge is 0.337 e. The highest BCUT2D eigenvalue weighted by Gasteiger charge is 2.10. The SMILES string of the molecule is COC(=O)c1ccc(Nc2ncc(C(=O)Nc3cc(C)on3)cn2)cc1. The average molecular weight is 353 g/mol. The van der Waals surface area contributed by atoms with E-state index in [2.05, 4.69) is 30.5 Å². The molecule has 1 amide bonds. The lowest BCUT2D eigenvalue weighted by Crippen LogP contribution is -2.13. The van der Waals surface area contributed by atoms with Gasteiger partial charge in [-0.2, -0.15) is 0 Å². The number of hydrogen-bond acceptors (Lipinski definition) is 8. The van der Waals surface area contributed by atoms with E-state index in [9.17, 15) is 9.59 Å². The van der Waals surface area contributed by atoms with E-state index >= 15 is 0 Å². The summed E-state index contributed by atoms with van der Waals surface area (Å²) in [6, 6.07) is 8.24. The number of aromatic nitrogens is 3. The number of methoxy groups -OCH3 is 1. The molecule has 2 heterocycles. The monoisotopic (exact) mass is 353 g/mol. The van der Waals surface area contributed by atoms with E-state index in [1.165, 1.54) is 19.5 Å². The van der Waals surface area contributed by atoms with Gasteiger partial charge in [-0.3, -0.25) is 4.79 Å². The summed E-state index contributed by atoms with van der Waals surface area (Å²) >= 11 is 0. The van der Waals surface area contributed by atoms with Crippen molar-refractivity contribution in [2.75, 3.05) is 17.7 Å². The number of carbonyl (C=O) groups excluding carboxylic acids is 2. The van der Waals surface area contributed by atoms with E-state index in [0.29, 0.717) is 28.8 Å². The lowest BCUT2D eigenvalue weighted by atomic mass is 10.2. The van der Waals surface area contributed by atoms with E-state index in [1.807, 2.05) is 0 Å². The van der Waals surface area contributed by atoms with Crippen LogP contribution in [0.4, 0.5) is 17.5 Å². The molecule has 2 aromatic heterocycles. The standard InChI is InChI=1S/C17H15N5O4/c1-10-7-14(22-26-10)21-15(23)12-8-18-17(19-9-12)20-13-5-3-11(4-6-13)16(24)25-2/h3-9H,1-2H3,(H,18,19,20)(H,21,22,23). The van der Waals surface area contributed by atoms with Gasteiger partial charge in [0, 0.05) is 24.1 Å². The summed E-state index contributed by atoms with van der Waals surface area (Å²) in [5.74, 6) is 0.414. The Morgan fingerprint density at radius 1 is 1.08 bits per heavy atom.